The summed E-state index contributed by atoms with van der Waals surface area (Å²) in [5.41, 5.74) is 0. The highest BCUT2D eigenvalue weighted by Crippen LogP contribution is 2.14. The van der Waals surface area contributed by atoms with Gasteiger partial charge in [-0.1, -0.05) is 6.92 Å². The zero-order valence-corrected chi connectivity index (χ0v) is 11.6. The molecule has 0 aliphatic heterocycles. The van der Waals surface area contributed by atoms with Gasteiger partial charge in [-0.25, -0.2) is 22.8 Å². The lowest BCUT2D eigenvalue weighted by molar-refractivity contribution is 0.515. The van der Waals surface area contributed by atoms with Crippen LogP contribution < -0.4 is 4.72 Å². The van der Waals surface area contributed by atoms with E-state index in [0.717, 1.165) is 6.42 Å². The maximum atomic E-state index is 12.0. The Hall–Kier alpha value is -1.74. The van der Waals surface area contributed by atoms with E-state index in [9.17, 15) is 8.42 Å². The van der Waals surface area contributed by atoms with Crippen molar-refractivity contribution in [1.82, 2.24) is 29.7 Å². The molecule has 1 atom stereocenters. The normalized spacial score (nSPS) is 13.6. The number of aryl methyl sites for hydroxylation is 1. The molecule has 0 aliphatic rings. The van der Waals surface area contributed by atoms with Crippen LogP contribution in [0, 0.1) is 0 Å². The van der Waals surface area contributed by atoms with Crippen LogP contribution in [0.4, 0.5) is 0 Å². The van der Waals surface area contributed by atoms with Crippen molar-refractivity contribution in [2.24, 2.45) is 0 Å². The molecular weight excluding hydrogens is 268 g/mol. The second-order valence-electron chi connectivity index (χ2n) is 4.12. The quantitative estimate of drug-likeness (QED) is 0.801. The summed E-state index contributed by atoms with van der Waals surface area (Å²) in [6.07, 6.45) is 4.91. The number of aromatic amines is 1. The molecule has 0 fully saturated rings. The number of H-pyrrole nitrogens is 1. The molecule has 2 heterocycles. The molecule has 0 saturated carbocycles. The number of rotatable bonds is 6. The van der Waals surface area contributed by atoms with Crippen LogP contribution in [0.1, 0.15) is 32.1 Å². The molecule has 0 unspecified atom stereocenters. The van der Waals surface area contributed by atoms with E-state index in [2.05, 4.69) is 25.0 Å². The molecule has 8 nitrogen and oxygen atoms in total. The van der Waals surface area contributed by atoms with E-state index < -0.39 is 16.1 Å². The molecule has 19 heavy (non-hydrogen) atoms. The largest absolute Gasteiger partial charge is 0.284 e. The molecule has 0 amide bonds. The highest BCUT2D eigenvalue weighted by atomic mass is 32.2. The summed E-state index contributed by atoms with van der Waals surface area (Å²) in [6.45, 7) is 4.45. The molecule has 2 aromatic heterocycles. The highest BCUT2D eigenvalue weighted by molar-refractivity contribution is 7.89. The van der Waals surface area contributed by atoms with E-state index >= 15 is 0 Å². The topological polar surface area (TPSA) is 106 Å². The van der Waals surface area contributed by atoms with Gasteiger partial charge in [0.2, 0.25) is 10.0 Å². The number of hydrogen-bond donors (Lipinski definition) is 2. The van der Waals surface area contributed by atoms with Crippen molar-refractivity contribution >= 4 is 10.0 Å². The average molecular weight is 284 g/mol. The maximum Gasteiger partial charge on any atom is 0.244 e. The fourth-order valence-electron chi connectivity index (χ4n) is 1.73. The van der Waals surface area contributed by atoms with Gasteiger partial charge in [0.25, 0.3) is 0 Å². The Bertz CT molecular complexity index is 618. The Morgan fingerprint density at radius 1 is 1.53 bits per heavy atom. The van der Waals surface area contributed by atoms with Gasteiger partial charge in [-0.05, 0) is 13.3 Å². The first kappa shape index (κ1) is 13.7. The summed E-state index contributed by atoms with van der Waals surface area (Å²) in [6, 6.07) is -0.464. The molecule has 0 aliphatic carbocycles. The summed E-state index contributed by atoms with van der Waals surface area (Å²) >= 11 is 0. The van der Waals surface area contributed by atoms with E-state index in [0.29, 0.717) is 12.4 Å². The Morgan fingerprint density at radius 3 is 2.95 bits per heavy atom. The third-order valence-electron chi connectivity index (χ3n) is 2.58. The van der Waals surface area contributed by atoms with Crippen molar-refractivity contribution < 1.29 is 8.42 Å². The summed E-state index contributed by atoms with van der Waals surface area (Å²) in [5, 5.41) is 10.2. The van der Waals surface area contributed by atoms with Crippen LogP contribution in [0.3, 0.4) is 0 Å². The van der Waals surface area contributed by atoms with E-state index in [1.807, 2.05) is 6.92 Å². The lowest BCUT2D eigenvalue weighted by Gasteiger charge is -2.13. The van der Waals surface area contributed by atoms with Gasteiger partial charge in [0, 0.05) is 12.7 Å². The molecule has 0 bridgehead atoms. The van der Waals surface area contributed by atoms with Gasteiger partial charge in [-0.2, -0.15) is 10.2 Å². The van der Waals surface area contributed by atoms with Gasteiger partial charge in [0.1, 0.15) is 17.0 Å². The zero-order valence-electron chi connectivity index (χ0n) is 10.7. The lowest BCUT2D eigenvalue weighted by Crippen LogP contribution is -2.28. The molecule has 0 spiro atoms. The smallest absolute Gasteiger partial charge is 0.244 e. The first-order valence-corrected chi connectivity index (χ1v) is 7.41. The third-order valence-corrected chi connectivity index (χ3v) is 4.09. The van der Waals surface area contributed by atoms with Gasteiger partial charge in [-0.3, -0.25) is 5.10 Å². The van der Waals surface area contributed by atoms with Crippen LogP contribution in [-0.2, 0) is 16.6 Å². The van der Waals surface area contributed by atoms with E-state index in [1.54, 1.807) is 11.6 Å². The standard InChI is InChI=1S/C10H16N6O2S/c1-3-4-16-10(11-7-14-16)8(2)15-19(17,18)9-5-12-13-6-9/h5-8,15H,3-4H2,1-2H3,(H,12,13)/t8-/m1/s1. The first-order chi connectivity index (χ1) is 9.04. The molecule has 2 aromatic rings. The molecule has 0 aromatic carbocycles. The van der Waals surface area contributed by atoms with E-state index in [1.165, 1.54) is 18.7 Å². The van der Waals surface area contributed by atoms with Crippen molar-refractivity contribution in [3.63, 3.8) is 0 Å². The van der Waals surface area contributed by atoms with Crippen LogP contribution in [0.15, 0.2) is 23.6 Å². The van der Waals surface area contributed by atoms with Gasteiger partial charge >= 0.3 is 0 Å². The summed E-state index contributed by atoms with van der Waals surface area (Å²) in [7, 11) is -3.60. The fraction of sp³-hybridized carbons (Fsp3) is 0.500. The van der Waals surface area contributed by atoms with Crippen molar-refractivity contribution in [3.05, 3.63) is 24.5 Å². The SMILES string of the molecule is CCCn1ncnc1[C@@H](C)NS(=O)(=O)c1cn[nH]c1. The zero-order chi connectivity index (χ0) is 13.9. The van der Waals surface area contributed by atoms with E-state index in [4.69, 9.17) is 0 Å². The van der Waals surface area contributed by atoms with Gasteiger partial charge in [0.15, 0.2) is 0 Å². The monoisotopic (exact) mass is 284 g/mol. The van der Waals surface area contributed by atoms with Gasteiger partial charge in [0.05, 0.1) is 12.2 Å². The van der Waals surface area contributed by atoms with Crippen molar-refractivity contribution in [2.75, 3.05) is 0 Å². The first-order valence-electron chi connectivity index (χ1n) is 5.93. The minimum absolute atomic E-state index is 0.0981. The molecular formula is C10H16N6O2S. The van der Waals surface area contributed by atoms with Crippen LogP contribution in [0.25, 0.3) is 0 Å². The summed E-state index contributed by atoms with van der Waals surface area (Å²) in [4.78, 5) is 4.20. The van der Waals surface area contributed by atoms with Crippen LogP contribution >= 0.6 is 0 Å². The lowest BCUT2D eigenvalue weighted by atomic mass is 10.3. The minimum Gasteiger partial charge on any atom is -0.284 e. The Morgan fingerprint density at radius 2 is 2.32 bits per heavy atom. The number of nitrogens with zero attached hydrogens (tertiary/aromatic N) is 4. The second kappa shape index (κ2) is 5.49. The molecule has 9 heteroatoms. The number of sulfonamides is 1. The third kappa shape index (κ3) is 2.99. The summed E-state index contributed by atoms with van der Waals surface area (Å²) in [5.74, 6) is 0.592. The predicted molar refractivity (Wildman–Crippen MR) is 67.6 cm³/mol. The Kier molecular flexibility index (Phi) is 3.96. The Balaban J connectivity index is 2.17. The maximum absolute atomic E-state index is 12.0. The predicted octanol–water partition coefficient (Wildman–Crippen LogP) is 0.451. The van der Waals surface area contributed by atoms with Crippen molar-refractivity contribution in [1.29, 1.82) is 0 Å². The van der Waals surface area contributed by atoms with Crippen LogP contribution in [0.2, 0.25) is 0 Å². The fourth-order valence-corrected chi connectivity index (χ4v) is 2.84. The second-order valence-corrected chi connectivity index (χ2v) is 5.83. The number of nitrogens with one attached hydrogen (secondary N) is 2. The molecule has 2 N–H and O–H groups in total. The summed E-state index contributed by atoms with van der Waals surface area (Å²) < 4.78 is 28.3. The van der Waals surface area contributed by atoms with E-state index in [-0.39, 0.29) is 4.90 Å². The van der Waals surface area contributed by atoms with Crippen LogP contribution in [0.5, 0.6) is 0 Å². The van der Waals surface area contributed by atoms with Crippen molar-refractivity contribution in [3.8, 4) is 0 Å². The van der Waals surface area contributed by atoms with Gasteiger partial charge < -0.3 is 0 Å². The molecule has 2 rings (SSSR count). The average Bonchev–Trinajstić information content (AvgIpc) is 2.99. The number of hydrogen-bond acceptors (Lipinski definition) is 5. The van der Waals surface area contributed by atoms with Crippen molar-refractivity contribution in [2.45, 2.75) is 37.8 Å². The van der Waals surface area contributed by atoms with Gasteiger partial charge in [-0.15, -0.1) is 0 Å². The highest BCUT2D eigenvalue weighted by Gasteiger charge is 2.22. The minimum atomic E-state index is -3.60. The molecule has 104 valence electrons. The molecule has 0 saturated heterocycles. The Labute approximate surface area is 111 Å². The molecule has 0 radical (unpaired) electrons. The number of aromatic nitrogens is 5. The van der Waals surface area contributed by atoms with Crippen LogP contribution in [-0.4, -0.2) is 33.4 Å².